The monoisotopic (exact) mass is 235 g/mol. The Hall–Kier alpha value is -1.81. The normalized spacial score (nSPS) is 12.4. The highest BCUT2D eigenvalue weighted by molar-refractivity contribution is 5.21. The lowest BCUT2D eigenvalue weighted by atomic mass is 10.0. The molecule has 0 bridgehead atoms. The third-order valence-electron chi connectivity index (χ3n) is 2.45. The van der Waals surface area contributed by atoms with Crippen LogP contribution in [0.25, 0.3) is 0 Å². The molecule has 0 aliphatic carbocycles. The minimum Gasteiger partial charge on any atom is -0.388 e. The number of pyridine rings is 1. The molecule has 1 atom stereocenters. The number of aliphatic hydroxyl groups excluding tert-OH is 1. The molecule has 0 saturated heterocycles. The van der Waals surface area contributed by atoms with E-state index in [4.69, 9.17) is 0 Å². The van der Waals surface area contributed by atoms with Gasteiger partial charge in [0.1, 0.15) is 11.6 Å². The average Bonchev–Trinajstić information content (AvgIpc) is 2.32. The van der Waals surface area contributed by atoms with Gasteiger partial charge in [-0.05, 0) is 23.8 Å². The Balaban J connectivity index is 2.11. The third kappa shape index (κ3) is 3.07. The summed E-state index contributed by atoms with van der Waals surface area (Å²) in [4.78, 5) is 3.67. The lowest BCUT2D eigenvalue weighted by Crippen LogP contribution is -2.03. The Bertz CT molecular complexity index is 499. The van der Waals surface area contributed by atoms with Gasteiger partial charge in [0.15, 0.2) is 0 Å². The van der Waals surface area contributed by atoms with E-state index in [1.807, 2.05) is 0 Å². The van der Waals surface area contributed by atoms with Crippen LogP contribution in [0.5, 0.6) is 0 Å². The van der Waals surface area contributed by atoms with E-state index in [0.29, 0.717) is 12.0 Å². The molecule has 0 amide bonds. The van der Waals surface area contributed by atoms with Gasteiger partial charge in [-0.2, -0.15) is 0 Å². The summed E-state index contributed by atoms with van der Waals surface area (Å²) in [7, 11) is 0. The van der Waals surface area contributed by atoms with Crippen molar-refractivity contribution in [2.24, 2.45) is 0 Å². The van der Waals surface area contributed by atoms with Crippen LogP contribution in [-0.4, -0.2) is 10.1 Å². The first-order valence-electron chi connectivity index (χ1n) is 5.18. The zero-order valence-corrected chi connectivity index (χ0v) is 8.98. The van der Waals surface area contributed by atoms with E-state index in [1.165, 1.54) is 24.4 Å². The molecule has 0 radical (unpaired) electrons. The van der Waals surface area contributed by atoms with E-state index in [1.54, 1.807) is 12.1 Å². The van der Waals surface area contributed by atoms with Gasteiger partial charge in [0.2, 0.25) is 0 Å². The van der Waals surface area contributed by atoms with Crippen molar-refractivity contribution in [3.8, 4) is 0 Å². The molecule has 2 nitrogen and oxygen atoms in total. The van der Waals surface area contributed by atoms with Crippen LogP contribution >= 0.6 is 0 Å². The summed E-state index contributed by atoms with van der Waals surface area (Å²) in [5.74, 6) is -0.809. The topological polar surface area (TPSA) is 33.1 Å². The van der Waals surface area contributed by atoms with Gasteiger partial charge in [0.05, 0.1) is 12.3 Å². The van der Waals surface area contributed by atoms with E-state index in [2.05, 4.69) is 4.98 Å². The maximum atomic E-state index is 12.9. The van der Waals surface area contributed by atoms with Crippen LogP contribution in [0.1, 0.15) is 17.2 Å². The summed E-state index contributed by atoms with van der Waals surface area (Å²) in [5, 5.41) is 9.87. The van der Waals surface area contributed by atoms with Gasteiger partial charge in [-0.1, -0.05) is 12.1 Å². The Labute approximate surface area is 97.6 Å². The van der Waals surface area contributed by atoms with E-state index >= 15 is 0 Å². The smallest absolute Gasteiger partial charge is 0.141 e. The number of hydrogen-bond donors (Lipinski definition) is 1. The second kappa shape index (κ2) is 5.01. The van der Waals surface area contributed by atoms with Crippen molar-refractivity contribution in [2.75, 3.05) is 0 Å². The van der Waals surface area contributed by atoms with E-state index < -0.39 is 11.9 Å². The molecule has 0 aliphatic heterocycles. The molecular formula is C13H11F2NO. The zero-order valence-electron chi connectivity index (χ0n) is 8.98. The molecule has 1 heterocycles. The van der Waals surface area contributed by atoms with Crippen LogP contribution in [-0.2, 0) is 6.42 Å². The van der Waals surface area contributed by atoms with Crippen LogP contribution in [0.15, 0.2) is 42.7 Å². The van der Waals surface area contributed by atoms with Crippen molar-refractivity contribution in [2.45, 2.75) is 12.5 Å². The van der Waals surface area contributed by atoms with E-state index in [9.17, 15) is 13.9 Å². The Morgan fingerprint density at radius 3 is 2.41 bits per heavy atom. The predicted molar refractivity (Wildman–Crippen MR) is 59.3 cm³/mol. The fourth-order valence-corrected chi connectivity index (χ4v) is 1.57. The maximum Gasteiger partial charge on any atom is 0.141 e. The average molecular weight is 235 g/mol. The van der Waals surface area contributed by atoms with Crippen LogP contribution in [0.4, 0.5) is 8.78 Å². The second-order valence-electron chi connectivity index (χ2n) is 3.78. The van der Waals surface area contributed by atoms with Crippen molar-refractivity contribution in [1.82, 2.24) is 4.98 Å². The van der Waals surface area contributed by atoms with Crippen LogP contribution in [0.2, 0.25) is 0 Å². The summed E-state index contributed by atoms with van der Waals surface area (Å²) in [6.07, 6.45) is 1.94. The fraction of sp³-hybridized carbons (Fsp3) is 0.154. The van der Waals surface area contributed by atoms with E-state index in [-0.39, 0.29) is 5.82 Å². The Morgan fingerprint density at radius 2 is 1.76 bits per heavy atom. The van der Waals surface area contributed by atoms with Gasteiger partial charge < -0.3 is 5.11 Å². The van der Waals surface area contributed by atoms with Crippen molar-refractivity contribution in [3.05, 3.63) is 65.5 Å². The summed E-state index contributed by atoms with van der Waals surface area (Å²) in [6.45, 7) is 0. The first-order chi connectivity index (χ1) is 8.15. The molecule has 1 aromatic carbocycles. The Kier molecular flexibility index (Phi) is 3.44. The fourth-order valence-electron chi connectivity index (χ4n) is 1.57. The summed E-state index contributed by atoms with van der Waals surface area (Å²) in [6, 6.07) is 7.06. The number of nitrogens with zero attached hydrogens (tertiary/aromatic N) is 1. The first-order valence-corrected chi connectivity index (χ1v) is 5.18. The Morgan fingerprint density at radius 1 is 1.06 bits per heavy atom. The SMILES string of the molecule is OC(Cc1ccc(F)cc1)c1cncc(F)c1. The maximum absolute atomic E-state index is 12.9. The zero-order chi connectivity index (χ0) is 12.3. The molecule has 4 heteroatoms. The van der Waals surface area contributed by atoms with Crippen LogP contribution < -0.4 is 0 Å². The van der Waals surface area contributed by atoms with Crippen LogP contribution in [0.3, 0.4) is 0 Å². The lowest BCUT2D eigenvalue weighted by molar-refractivity contribution is 0.177. The molecule has 1 aromatic heterocycles. The molecule has 0 aliphatic rings. The highest BCUT2D eigenvalue weighted by Crippen LogP contribution is 2.18. The summed E-state index contributed by atoms with van der Waals surface area (Å²) in [5.41, 5.74) is 1.19. The highest BCUT2D eigenvalue weighted by atomic mass is 19.1. The molecular weight excluding hydrogens is 224 g/mol. The number of benzene rings is 1. The minimum absolute atomic E-state index is 0.297. The second-order valence-corrected chi connectivity index (χ2v) is 3.78. The molecule has 88 valence electrons. The molecule has 0 fully saturated rings. The molecule has 1 N–H and O–H groups in total. The highest BCUT2D eigenvalue weighted by Gasteiger charge is 2.09. The predicted octanol–water partition coefficient (Wildman–Crippen LogP) is 2.64. The summed E-state index contributed by atoms with van der Waals surface area (Å²) < 4.78 is 25.6. The van der Waals surface area contributed by atoms with Gasteiger partial charge in [-0.15, -0.1) is 0 Å². The third-order valence-corrected chi connectivity index (χ3v) is 2.45. The molecule has 17 heavy (non-hydrogen) atoms. The van der Waals surface area contributed by atoms with E-state index in [0.717, 1.165) is 11.8 Å². The molecule has 2 rings (SSSR count). The van der Waals surface area contributed by atoms with Gasteiger partial charge in [0.25, 0.3) is 0 Å². The number of aromatic nitrogens is 1. The quantitative estimate of drug-likeness (QED) is 0.887. The van der Waals surface area contributed by atoms with Crippen molar-refractivity contribution in [1.29, 1.82) is 0 Å². The number of rotatable bonds is 3. The number of hydrogen-bond acceptors (Lipinski definition) is 2. The number of aliphatic hydroxyl groups is 1. The van der Waals surface area contributed by atoms with Crippen LogP contribution in [0, 0.1) is 11.6 Å². The summed E-state index contributed by atoms with van der Waals surface area (Å²) >= 11 is 0. The minimum atomic E-state index is -0.844. The standard InChI is InChI=1S/C13H11F2NO/c14-11-3-1-9(2-4-11)5-13(17)10-6-12(15)8-16-7-10/h1-4,6-8,13,17H,5H2. The molecule has 2 aromatic rings. The first kappa shape index (κ1) is 11.7. The van der Waals surface area contributed by atoms with Crippen molar-refractivity contribution >= 4 is 0 Å². The molecule has 1 unspecified atom stereocenters. The molecule has 0 saturated carbocycles. The van der Waals surface area contributed by atoms with Gasteiger partial charge >= 0.3 is 0 Å². The van der Waals surface area contributed by atoms with Crippen molar-refractivity contribution in [3.63, 3.8) is 0 Å². The molecule has 0 spiro atoms. The van der Waals surface area contributed by atoms with Crippen molar-refractivity contribution < 1.29 is 13.9 Å². The number of halogens is 2. The lowest BCUT2D eigenvalue weighted by Gasteiger charge is -2.10. The van der Waals surface area contributed by atoms with Gasteiger partial charge in [0, 0.05) is 18.2 Å². The largest absolute Gasteiger partial charge is 0.388 e. The van der Waals surface area contributed by atoms with Gasteiger partial charge in [-0.3, -0.25) is 4.98 Å². The van der Waals surface area contributed by atoms with Gasteiger partial charge in [-0.25, -0.2) is 8.78 Å².